The second kappa shape index (κ2) is 44.5. The molecular weight excluding hydrogens is 208 g/mol. The third kappa shape index (κ3) is 201. The molecule has 0 fully saturated rings. The predicted molar refractivity (Wildman–Crippen MR) is 86.9 cm³/mol. The Kier molecular flexibility index (Phi) is 79.1. The van der Waals surface area contributed by atoms with E-state index < -0.39 is 0 Å². The molecule has 0 amide bonds. The lowest BCUT2D eigenvalue weighted by Crippen LogP contribution is -2.11. The fourth-order valence-electron chi connectivity index (χ4n) is 0.447. The van der Waals surface area contributed by atoms with Crippen LogP contribution >= 0.6 is 0 Å². The number of hydrogen-bond acceptors (Lipinski definition) is 2. The molecule has 0 aliphatic rings. The molecule has 0 aromatic heterocycles. The lowest BCUT2D eigenvalue weighted by molar-refractivity contribution is 0.408. The lowest BCUT2D eigenvalue weighted by atomic mass is 10.5. The number of nitrogens with zero attached hydrogens (tertiary/aromatic N) is 1. The minimum Gasteiger partial charge on any atom is -0.330 e. The van der Waals surface area contributed by atoms with Crippen molar-refractivity contribution in [3.05, 3.63) is 0 Å². The Morgan fingerprint density at radius 3 is 1.00 bits per heavy atom. The van der Waals surface area contributed by atoms with E-state index in [1.807, 2.05) is 0 Å². The summed E-state index contributed by atoms with van der Waals surface area (Å²) in [5, 5.41) is 0. The van der Waals surface area contributed by atoms with Gasteiger partial charge in [0.25, 0.3) is 0 Å². The quantitative estimate of drug-likeness (QED) is 0.781. The van der Waals surface area contributed by atoms with Gasteiger partial charge in [0.1, 0.15) is 0 Å². The summed E-state index contributed by atoms with van der Waals surface area (Å²) >= 11 is 0. The van der Waals surface area contributed by atoms with Crippen molar-refractivity contribution >= 4 is 0 Å². The second-order valence-corrected chi connectivity index (χ2v) is 4.01. The average molecular weight is 251 g/mol. The van der Waals surface area contributed by atoms with E-state index in [1.165, 1.54) is 25.8 Å². The summed E-state index contributed by atoms with van der Waals surface area (Å²) in [6, 6.07) is 0. The van der Waals surface area contributed by atoms with Crippen molar-refractivity contribution in [2.24, 2.45) is 5.73 Å². The van der Waals surface area contributed by atoms with Gasteiger partial charge in [0, 0.05) is 0 Å². The van der Waals surface area contributed by atoms with Gasteiger partial charge in [-0.3, -0.25) is 0 Å². The molecule has 2 nitrogen and oxygen atoms in total. The molecule has 0 saturated heterocycles. The van der Waals surface area contributed by atoms with Crippen LogP contribution < -0.4 is 5.73 Å². The lowest BCUT2D eigenvalue weighted by Gasteiger charge is -2.03. The summed E-state index contributed by atoms with van der Waals surface area (Å²) in [6.45, 7) is 14.8. The summed E-state index contributed by atoms with van der Waals surface area (Å²) in [4.78, 5) is 2.18. The molecule has 0 spiro atoms. The highest BCUT2D eigenvalue weighted by Crippen LogP contribution is 1.76. The molecule has 2 heteroatoms. The minimum absolute atomic E-state index is 0. The number of rotatable bonds is 3. The van der Waals surface area contributed by atoms with Gasteiger partial charge >= 0.3 is 0 Å². The highest BCUT2D eigenvalue weighted by Gasteiger charge is 1.79. The van der Waals surface area contributed by atoms with Crippen LogP contribution in [0, 0.1) is 0 Å². The molecule has 0 aliphatic carbocycles. The van der Waals surface area contributed by atoms with E-state index >= 15 is 0 Å². The molecule has 0 bridgehead atoms. The van der Waals surface area contributed by atoms with Crippen LogP contribution in [0.15, 0.2) is 0 Å². The SMILES string of the molecule is C.CCC.CCC.CCCN.CCCN(C)C. The molecule has 0 unspecified atom stereocenters. The van der Waals surface area contributed by atoms with Crippen LogP contribution in [-0.2, 0) is 0 Å². The van der Waals surface area contributed by atoms with Crippen molar-refractivity contribution in [2.75, 3.05) is 27.2 Å². The Bertz CT molecular complexity index is 59.9. The molecule has 0 heterocycles. The average Bonchev–Trinajstić information content (AvgIpc) is 2.20. The highest BCUT2D eigenvalue weighted by molar-refractivity contribution is 4.34. The van der Waals surface area contributed by atoms with Gasteiger partial charge in [0.05, 0.1) is 0 Å². The molecule has 0 aliphatic heterocycles. The third-order valence-electron chi connectivity index (χ3n) is 0.959. The van der Waals surface area contributed by atoms with Gasteiger partial charge < -0.3 is 10.6 Å². The first-order valence-electron chi connectivity index (χ1n) is 6.86. The molecule has 112 valence electrons. The molecule has 0 saturated carbocycles. The maximum absolute atomic E-state index is 5.03. The topological polar surface area (TPSA) is 29.3 Å². The Morgan fingerprint density at radius 1 is 0.765 bits per heavy atom. The van der Waals surface area contributed by atoms with Crippen molar-refractivity contribution in [1.29, 1.82) is 0 Å². The van der Waals surface area contributed by atoms with Gasteiger partial charge in [0.2, 0.25) is 0 Å². The molecular formula is C15H42N2. The van der Waals surface area contributed by atoms with E-state index in [9.17, 15) is 0 Å². The van der Waals surface area contributed by atoms with E-state index in [1.54, 1.807) is 0 Å². The van der Waals surface area contributed by atoms with Gasteiger partial charge in [-0.05, 0) is 40.0 Å². The monoisotopic (exact) mass is 250 g/mol. The zero-order valence-electron chi connectivity index (χ0n) is 13.3. The van der Waals surface area contributed by atoms with Crippen LogP contribution in [0.25, 0.3) is 0 Å². The molecule has 0 atom stereocenters. The Hall–Kier alpha value is -0.0800. The van der Waals surface area contributed by atoms with E-state index in [0.717, 1.165) is 13.0 Å². The summed E-state index contributed by atoms with van der Waals surface area (Å²) in [7, 11) is 4.17. The molecule has 17 heavy (non-hydrogen) atoms. The van der Waals surface area contributed by atoms with Crippen LogP contribution in [0.2, 0.25) is 0 Å². The molecule has 0 radical (unpaired) electrons. The number of hydrogen-bond donors (Lipinski definition) is 1. The Morgan fingerprint density at radius 2 is 1.00 bits per heavy atom. The van der Waals surface area contributed by atoms with Crippen molar-refractivity contribution in [3.63, 3.8) is 0 Å². The van der Waals surface area contributed by atoms with Crippen LogP contribution in [-0.4, -0.2) is 32.1 Å². The number of nitrogens with two attached hydrogens (primary N) is 1. The van der Waals surface area contributed by atoms with Crippen molar-refractivity contribution in [1.82, 2.24) is 4.90 Å². The van der Waals surface area contributed by atoms with E-state index in [0.29, 0.717) is 0 Å². The largest absolute Gasteiger partial charge is 0.330 e. The predicted octanol–water partition coefficient (Wildman–Crippen LogP) is 4.78. The first kappa shape index (κ1) is 30.2. The highest BCUT2D eigenvalue weighted by atomic mass is 15.0. The van der Waals surface area contributed by atoms with Gasteiger partial charge in [0.15, 0.2) is 0 Å². The van der Waals surface area contributed by atoms with Gasteiger partial charge in [-0.1, -0.05) is 61.8 Å². The van der Waals surface area contributed by atoms with Crippen molar-refractivity contribution < 1.29 is 0 Å². The Labute approximate surface area is 113 Å². The normalized spacial score (nSPS) is 7.41. The van der Waals surface area contributed by atoms with Crippen LogP contribution in [0.3, 0.4) is 0 Å². The molecule has 0 aromatic carbocycles. The van der Waals surface area contributed by atoms with Gasteiger partial charge in [-0.15, -0.1) is 0 Å². The van der Waals surface area contributed by atoms with Gasteiger partial charge in [-0.25, -0.2) is 0 Å². The van der Waals surface area contributed by atoms with E-state index in [2.05, 4.69) is 60.5 Å². The molecule has 0 rings (SSSR count). The summed E-state index contributed by atoms with van der Waals surface area (Å²) < 4.78 is 0. The standard InChI is InChI=1S/C5H13N.C3H9N.2C3H8.CH4/c1-4-5-6(2)3;1-2-3-4;2*1-3-2;/h4-5H2,1-3H3;2-4H2,1H3;2*3H2,1-2H3;1H4. The third-order valence-corrected chi connectivity index (χ3v) is 0.959. The molecule has 0 aromatic rings. The molecule has 2 N–H and O–H groups in total. The maximum Gasteiger partial charge on any atom is -0.00275 e. The minimum atomic E-state index is 0. The van der Waals surface area contributed by atoms with Crippen molar-refractivity contribution in [2.45, 2.75) is 74.7 Å². The first-order chi connectivity index (χ1) is 7.51. The maximum atomic E-state index is 5.03. The summed E-state index contributed by atoms with van der Waals surface area (Å²) in [6.07, 6.45) is 4.85. The Balaban J connectivity index is -0.0000000388. The zero-order chi connectivity index (χ0) is 13.8. The van der Waals surface area contributed by atoms with Gasteiger partial charge in [-0.2, -0.15) is 0 Å². The smallest absolute Gasteiger partial charge is 0.00275 e. The van der Waals surface area contributed by atoms with Crippen LogP contribution in [0.5, 0.6) is 0 Å². The van der Waals surface area contributed by atoms with Crippen LogP contribution in [0.4, 0.5) is 0 Å². The zero-order valence-corrected chi connectivity index (χ0v) is 13.3. The second-order valence-electron chi connectivity index (χ2n) is 4.01. The fourth-order valence-corrected chi connectivity index (χ4v) is 0.447. The first-order valence-corrected chi connectivity index (χ1v) is 6.86. The van der Waals surface area contributed by atoms with E-state index in [-0.39, 0.29) is 7.43 Å². The summed E-state index contributed by atoms with van der Waals surface area (Å²) in [5.41, 5.74) is 5.03. The summed E-state index contributed by atoms with van der Waals surface area (Å²) in [5.74, 6) is 0. The van der Waals surface area contributed by atoms with Crippen LogP contribution in [0.1, 0.15) is 74.7 Å². The van der Waals surface area contributed by atoms with E-state index in [4.69, 9.17) is 5.73 Å². The van der Waals surface area contributed by atoms with Crippen molar-refractivity contribution in [3.8, 4) is 0 Å². The fraction of sp³-hybridized carbons (Fsp3) is 1.00.